The second-order valence-electron chi connectivity index (χ2n) is 5.03. The van der Waals surface area contributed by atoms with Crippen LogP contribution in [0.25, 0.3) is 0 Å². The van der Waals surface area contributed by atoms with Gasteiger partial charge in [0.25, 0.3) is 0 Å². The Kier molecular flexibility index (Phi) is 4.16. The summed E-state index contributed by atoms with van der Waals surface area (Å²) in [5, 5.41) is 13.7. The van der Waals surface area contributed by atoms with Gasteiger partial charge in [0, 0.05) is 19.3 Å². The summed E-state index contributed by atoms with van der Waals surface area (Å²) in [4.78, 5) is 13.3. The zero-order valence-electron chi connectivity index (χ0n) is 12.5. The SMILES string of the molecule is CCn1nc(C)cc1CN(C)c1ccc(N)cc1C(=O)O. The minimum absolute atomic E-state index is 0.205. The van der Waals surface area contributed by atoms with Gasteiger partial charge in [-0.2, -0.15) is 5.10 Å². The lowest BCUT2D eigenvalue weighted by atomic mass is 10.1. The van der Waals surface area contributed by atoms with Crippen molar-refractivity contribution in [2.24, 2.45) is 0 Å². The number of aromatic nitrogens is 2. The summed E-state index contributed by atoms with van der Waals surface area (Å²) in [6.07, 6.45) is 0. The van der Waals surface area contributed by atoms with Crippen molar-refractivity contribution in [3.8, 4) is 0 Å². The minimum atomic E-state index is -0.982. The van der Waals surface area contributed by atoms with Gasteiger partial charge < -0.3 is 15.7 Å². The maximum absolute atomic E-state index is 11.4. The van der Waals surface area contributed by atoms with Crippen molar-refractivity contribution in [3.63, 3.8) is 0 Å². The van der Waals surface area contributed by atoms with E-state index in [0.29, 0.717) is 17.9 Å². The lowest BCUT2D eigenvalue weighted by molar-refractivity contribution is 0.0697. The average Bonchev–Trinajstić information content (AvgIpc) is 2.78. The predicted octanol–water partition coefficient (Wildman–Crippen LogP) is 2.13. The van der Waals surface area contributed by atoms with E-state index in [-0.39, 0.29) is 5.56 Å². The number of aryl methyl sites for hydroxylation is 2. The largest absolute Gasteiger partial charge is 0.478 e. The molecule has 2 rings (SSSR count). The number of carboxylic acid groups (broad SMARTS) is 1. The van der Waals surface area contributed by atoms with Crippen molar-refractivity contribution >= 4 is 17.3 Å². The van der Waals surface area contributed by atoms with Gasteiger partial charge in [-0.15, -0.1) is 0 Å². The number of carboxylic acids is 1. The van der Waals surface area contributed by atoms with E-state index >= 15 is 0 Å². The van der Waals surface area contributed by atoms with Crippen molar-refractivity contribution < 1.29 is 9.90 Å². The average molecular weight is 288 g/mol. The summed E-state index contributed by atoms with van der Waals surface area (Å²) in [5.74, 6) is -0.982. The molecule has 3 N–H and O–H groups in total. The zero-order chi connectivity index (χ0) is 15.6. The van der Waals surface area contributed by atoms with E-state index in [1.54, 1.807) is 12.1 Å². The summed E-state index contributed by atoms with van der Waals surface area (Å²) >= 11 is 0. The first-order valence-electron chi connectivity index (χ1n) is 6.79. The zero-order valence-corrected chi connectivity index (χ0v) is 12.5. The molecular formula is C15H20N4O2. The molecule has 0 unspecified atom stereocenters. The van der Waals surface area contributed by atoms with Crippen molar-refractivity contribution in [3.05, 3.63) is 41.2 Å². The first-order valence-corrected chi connectivity index (χ1v) is 6.79. The number of hydrogen-bond acceptors (Lipinski definition) is 4. The summed E-state index contributed by atoms with van der Waals surface area (Å²) in [7, 11) is 1.86. The number of anilines is 2. The molecule has 0 saturated carbocycles. The maximum atomic E-state index is 11.4. The molecule has 0 fully saturated rings. The van der Waals surface area contributed by atoms with E-state index in [4.69, 9.17) is 5.73 Å². The Morgan fingerprint density at radius 3 is 2.76 bits per heavy atom. The van der Waals surface area contributed by atoms with Gasteiger partial charge in [-0.25, -0.2) is 4.79 Å². The van der Waals surface area contributed by atoms with Crippen LogP contribution >= 0.6 is 0 Å². The molecule has 0 amide bonds. The Morgan fingerprint density at radius 1 is 1.43 bits per heavy atom. The molecule has 6 nitrogen and oxygen atoms in total. The highest BCUT2D eigenvalue weighted by Gasteiger charge is 2.15. The van der Waals surface area contributed by atoms with Crippen LogP contribution in [0.5, 0.6) is 0 Å². The highest BCUT2D eigenvalue weighted by atomic mass is 16.4. The molecule has 0 aliphatic carbocycles. The molecule has 1 aromatic carbocycles. The molecule has 0 radical (unpaired) electrons. The Labute approximate surface area is 123 Å². The first kappa shape index (κ1) is 14.9. The number of benzene rings is 1. The fraction of sp³-hybridized carbons (Fsp3) is 0.333. The number of nitrogen functional groups attached to an aromatic ring is 1. The quantitative estimate of drug-likeness (QED) is 0.823. The van der Waals surface area contributed by atoms with Gasteiger partial charge >= 0.3 is 5.97 Å². The molecule has 2 aromatic rings. The molecule has 0 bridgehead atoms. The van der Waals surface area contributed by atoms with Crippen LogP contribution in [-0.4, -0.2) is 27.9 Å². The van der Waals surface area contributed by atoms with Gasteiger partial charge in [-0.05, 0) is 38.1 Å². The number of aromatic carboxylic acids is 1. The highest BCUT2D eigenvalue weighted by molar-refractivity contribution is 5.95. The number of rotatable bonds is 5. The maximum Gasteiger partial charge on any atom is 0.337 e. The van der Waals surface area contributed by atoms with E-state index < -0.39 is 5.97 Å². The van der Waals surface area contributed by atoms with E-state index in [2.05, 4.69) is 5.10 Å². The van der Waals surface area contributed by atoms with Crippen LogP contribution in [0.1, 0.15) is 28.7 Å². The molecular weight excluding hydrogens is 268 g/mol. The molecule has 1 aromatic heterocycles. The van der Waals surface area contributed by atoms with Crippen molar-refractivity contribution in [2.45, 2.75) is 26.9 Å². The number of carbonyl (C=O) groups is 1. The first-order chi connectivity index (χ1) is 9.92. The van der Waals surface area contributed by atoms with Crippen molar-refractivity contribution in [1.29, 1.82) is 0 Å². The van der Waals surface area contributed by atoms with Gasteiger partial charge in [-0.1, -0.05) is 0 Å². The summed E-state index contributed by atoms with van der Waals surface area (Å²) < 4.78 is 1.92. The van der Waals surface area contributed by atoms with Gasteiger partial charge in [-0.3, -0.25) is 4.68 Å². The Bertz CT molecular complexity index is 664. The molecule has 0 spiro atoms. The van der Waals surface area contributed by atoms with Crippen LogP contribution in [0.2, 0.25) is 0 Å². The minimum Gasteiger partial charge on any atom is -0.478 e. The molecule has 21 heavy (non-hydrogen) atoms. The number of nitrogens with two attached hydrogens (primary N) is 1. The third-order valence-electron chi connectivity index (χ3n) is 3.35. The molecule has 0 atom stereocenters. The van der Waals surface area contributed by atoms with E-state index in [1.807, 2.05) is 36.5 Å². The van der Waals surface area contributed by atoms with Crippen LogP contribution in [0, 0.1) is 6.92 Å². The summed E-state index contributed by atoms with van der Waals surface area (Å²) in [6, 6.07) is 6.94. The Hall–Kier alpha value is -2.50. The van der Waals surface area contributed by atoms with Crippen LogP contribution in [-0.2, 0) is 13.1 Å². The van der Waals surface area contributed by atoms with Crippen LogP contribution < -0.4 is 10.6 Å². The van der Waals surface area contributed by atoms with Gasteiger partial charge in [0.15, 0.2) is 0 Å². The monoisotopic (exact) mass is 288 g/mol. The Balaban J connectivity index is 2.32. The van der Waals surface area contributed by atoms with Gasteiger partial charge in [0.05, 0.1) is 29.2 Å². The molecule has 112 valence electrons. The van der Waals surface area contributed by atoms with E-state index in [1.165, 1.54) is 6.07 Å². The normalized spacial score (nSPS) is 10.6. The van der Waals surface area contributed by atoms with Gasteiger partial charge in [0.1, 0.15) is 0 Å². The van der Waals surface area contributed by atoms with Gasteiger partial charge in [0.2, 0.25) is 0 Å². The Morgan fingerprint density at radius 2 is 2.14 bits per heavy atom. The number of hydrogen-bond donors (Lipinski definition) is 2. The molecule has 0 aliphatic heterocycles. The second-order valence-corrected chi connectivity index (χ2v) is 5.03. The van der Waals surface area contributed by atoms with Crippen LogP contribution in [0.15, 0.2) is 24.3 Å². The summed E-state index contributed by atoms with van der Waals surface area (Å²) in [5.41, 5.74) is 8.96. The smallest absolute Gasteiger partial charge is 0.337 e. The summed E-state index contributed by atoms with van der Waals surface area (Å²) in [6.45, 7) is 5.34. The lowest BCUT2D eigenvalue weighted by Gasteiger charge is -2.21. The fourth-order valence-corrected chi connectivity index (χ4v) is 2.39. The van der Waals surface area contributed by atoms with Crippen LogP contribution in [0.4, 0.5) is 11.4 Å². The van der Waals surface area contributed by atoms with Crippen molar-refractivity contribution in [1.82, 2.24) is 9.78 Å². The number of nitrogens with zero attached hydrogens (tertiary/aromatic N) is 3. The lowest BCUT2D eigenvalue weighted by Crippen LogP contribution is -2.21. The third kappa shape index (κ3) is 3.16. The third-order valence-corrected chi connectivity index (χ3v) is 3.35. The predicted molar refractivity (Wildman–Crippen MR) is 82.6 cm³/mol. The molecule has 1 heterocycles. The second kappa shape index (κ2) is 5.87. The molecule has 6 heteroatoms. The molecule has 0 saturated heterocycles. The van der Waals surface area contributed by atoms with E-state index in [0.717, 1.165) is 17.9 Å². The van der Waals surface area contributed by atoms with Crippen molar-refractivity contribution in [2.75, 3.05) is 17.7 Å². The van der Waals surface area contributed by atoms with Crippen LogP contribution in [0.3, 0.4) is 0 Å². The topological polar surface area (TPSA) is 84.4 Å². The highest BCUT2D eigenvalue weighted by Crippen LogP contribution is 2.24. The standard InChI is InChI=1S/C15H20N4O2/c1-4-19-12(7-10(2)17-19)9-18(3)14-6-5-11(16)8-13(14)15(20)21/h5-8H,4,9,16H2,1-3H3,(H,20,21). The fourth-order valence-electron chi connectivity index (χ4n) is 2.39. The van der Waals surface area contributed by atoms with E-state index in [9.17, 15) is 9.90 Å². The molecule has 0 aliphatic rings.